The molecule has 0 spiro atoms. The summed E-state index contributed by atoms with van der Waals surface area (Å²) in [5.41, 5.74) is 0.932. The van der Waals surface area contributed by atoms with Gasteiger partial charge >= 0.3 is 0 Å². The van der Waals surface area contributed by atoms with Gasteiger partial charge in [0.25, 0.3) is 10.1 Å². The van der Waals surface area contributed by atoms with Crippen LogP contribution in [-0.4, -0.2) is 45.8 Å². The van der Waals surface area contributed by atoms with Crippen molar-refractivity contribution < 1.29 is 21.0 Å². The molecule has 166 valence electrons. The molecule has 0 radical (unpaired) electrons. The zero-order valence-corrected chi connectivity index (χ0v) is 19.2. The van der Waals surface area contributed by atoms with Crippen LogP contribution in [0.5, 0.6) is 0 Å². The average molecular weight is 463 g/mol. The van der Waals surface area contributed by atoms with Crippen LogP contribution in [0.1, 0.15) is 25.3 Å². The molecule has 1 aromatic heterocycles. The summed E-state index contributed by atoms with van der Waals surface area (Å²) < 4.78 is 58.1. The molecule has 3 rings (SSSR count). The lowest BCUT2D eigenvalue weighted by Gasteiger charge is -2.22. The topological polar surface area (TPSA) is 93.6 Å². The molecular weight excluding hydrogens is 436 g/mol. The second-order valence-corrected chi connectivity index (χ2v) is 10.7. The maximum atomic E-state index is 13.4. The maximum absolute atomic E-state index is 13.4. The second kappa shape index (κ2) is 9.86. The van der Waals surface area contributed by atoms with Crippen LogP contribution in [0.4, 0.5) is 0 Å². The van der Waals surface area contributed by atoms with E-state index in [1.807, 2.05) is 13.8 Å². The molecule has 0 amide bonds. The van der Waals surface area contributed by atoms with Gasteiger partial charge in [-0.3, -0.25) is 9.17 Å². The summed E-state index contributed by atoms with van der Waals surface area (Å²) in [4.78, 5) is 4.26. The minimum atomic E-state index is -3.97. The number of unbranched alkanes of at least 4 members (excludes halogenated alkanes) is 1. The molecule has 7 nitrogen and oxygen atoms in total. The van der Waals surface area contributed by atoms with Crippen LogP contribution < -0.4 is 0 Å². The van der Waals surface area contributed by atoms with Crippen LogP contribution in [0.2, 0.25) is 0 Å². The van der Waals surface area contributed by atoms with Gasteiger partial charge in [0.05, 0.1) is 16.4 Å². The third kappa shape index (κ3) is 5.48. The molecule has 0 saturated carbocycles. The lowest BCUT2D eigenvalue weighted by molar-refractivity contribution is 0.274. The molecule has 0 aliphatic rings. The molecule has 1 heterocycles. The van der Waals surface area contributed by atoms with Crippen LogP contribution >= 0.6 is 0 Å². The van der Waals surface area contributed by atoms with Gasteiger partial charge in [-0.15, -0.1) is 0 Å². The fraction of sp³-hybridized carbons (Fsp3) is 0.318. The SMILES string of the molecule is CCCCN(CCOS(=O)(=O)c1ccc(C)cc1)S(=O)(=O)c1cccc2cnccc12. The number of fused-ring (bicyclic) bond motifs is 1. The summed E-state index contributed by atoms with van der Waals surface area (Å²) in [7, 11) is -7.82. The number of rotatable bonds is 10. The molecule has 9 heteroatoms. The van der Waals surface area contributed by atoms with Crippen molar-refractivity contribution >= 4 is 30.9 Å². The molecule has 0 N–H and O–H groups in total. The van der Waals surface area contributed by atoms with Crippen molar-refractivity contribution in [3.8, 4) is 0 Å². The van der Waals surface area contributed by atoms with Gasteiger partial charge in [-0.1, -0.05) is 43.2 Å². The van der Waals surface area contributed by atoms with E-state index in [1.54, 1.807) is 48.8 Å². The van der Waals surface area contributed by atoms with Crippen molar-refractivity contribution in [2.24, 2.45) is 0 Å². The van der Waals surface area contributed by atoms with E-state index in [9.17, 15) is 16.8 Å². The number of sulfonamides is 1. The number of benzene rings is 2. The maximum Gasteiger partial charge on any atom is 0.297 e. The standard InChI is InChI=1S/C22H26N2O5S2/c1-3-4-14-24(15-16-29-31(27,28)20-10-8-18(2)9-11-20)30(25,26)22-7-5-6-19-17-23-13-12-21(19)22/h5-13,17H,3-4,14-16H2,1-2H3. The predicted molar refractivity (Wildman–Crippen MR) is 120 cm³/mol. The first-order valence-electron chi connectivity index (χ1n) is 10.0. The van der Waals surface area contributed by atoms with Gasteiger partial charge in [-0.05, 0) is 37.6 Å². The molecule has 0 unspecified atom stereocenters. The zero-order chi connectivity index (χ0) is 22.5. The van der Waals surface area contributed by atoms with E-state index in [0.717, 1.165) is 17.4 Å². The fourth-order valence-electron chi connectivity index (χ4n) is 3.17. The van der Waals surface area contributed by atoms with Crippen LogP contribution in [-0.2, 0) is 24.3 Å². The first-order valence-corrected chi connectivity index (χ1v) is 12.9. The highest BCUT2D eigenvalue weighted by atomic mass is 32.2. The van der Waals surface area contributed by atoms with Crippen molar-refractivity contribution in [1.29, 1.82) is 0 Å². The van der Waals surface area contributed by atoms with E-state index in [4.69, 9.17) is 4.18 Å². The number of hydrogen-bond acceptors (Lipinski definition) is 6. The van der Waals surface area contributed by atoms with Crippen LogP contribution in [0.15, 0.2) is 70.7 Å². The Morgan fingerprint density at radius 1 is 0.968 bits per heavy atom. The number of pyridine rings is 1. The third-order valence-corrected chi connectivity index (χ3v) is 8.19. The molecule has 3 aromatic rings. The predicted octanol–water partition coefficient (Wildman–Crippen LogP) is 3.74. The van der Waals surface area contributed by atoms with Gasteiger partial charge in [0, 0.05) is 36.3 Å². The van der Waals surface area contributed by atoms with Crippen LogP contribution in [0, 0.1) is 6.92 Å². The van der Waals surface area contributed by atoms with E-state index >= 15 is 0 Å². The third-order valence-electron chi connectivity index (χ3n) is 4.91. The molecule has 0 bridgehead atoms. The van der Waals surface area contributed by atoms with Crippen molar-refractivity contribution in [3.63, 3.8) is 0 Å². The zero-order valence-electron chi connectivity index (χ0n) is 17.6. The summed E-state index contributed by atoms with van der Waals surface area (Å²) in [5.74, 6) is 0. The van der Waals surface area contributed by atoms with E-state index < -0.39 is 20.1 Å². The molecule has 0 saturated heterocycles. The van der Waals surface area contributed by atoms with Gasteiger partial charge in [0.1, 0.15) is 0 Å². The Bertz CT molecular complexity index is 1240. The first kappa shape index (κ1) is 23.3. The average Bonchev–Trinajstić information content (AvgIpc) is 2.75. The lowest BCUT2D eigenvalue weighted by Crippen LogP contribution is -2.35. The van der Waals surface area contributed by atoms with E-state index in [0.29, 0.717) is 11.8 Å². The number of hydrogen-bond donors (Lipinski definition) is 0. The highest BCUT2D eigenvalue weighted by Crippen LogP contribution is 2.25. The quantitative estimate of drug-likeness (QED) is 0.426. The summed E-state index contributed by atoms with van der Waals surface area (Å²) in [6.07, 6.45) is 4.61. The number of aryl methyl sites for hydroxylation is 1. The molecule has 2 aromatic carbocycles. The normalized spacial score (nSPS) is 12.5. The summed E-state index contributed by atoms with van der Waals surface area (Å²) in [6.45, 7) is 3.75. The Balaban J connectivity index is 1.82. The highest BCUT2D eigenvalue weighted by molar-refractivity contribution is 7.89. The first-order chi connectivity index (χ1) is 14.8. The Morgan fingerprint density at radius 2 is 1.71 bits per heavy atom. The summed E-state index contributed by atoms with van der Waals surface area (Å²) in [5, 5.41) is 1.30. The van der Waals surface area contributed by atoms with E-state index in [1.165, 1.54) is 16.4 Å². The molecular formula is C22H26N2O5S2. The largest absolute Gasteiger partial charge is 0.297 e. The van der Waals surface area contributed by atoms with Crippen LogP contribution in [0.25, 0.3) is 10.8 Å². The van der Waals surface area contributed by atoms with Crippen molar-refractivity contribution in [2.45, 2.75) is 36.5 Å². The van der Waals surface area contributed by atoms with Gasteiger partial charge in [-0.2, -0.15) is 12.7 Å². The van der Waals surface area contributed by atoms with Gasteiger partial charge in [-0.25, -0.2) is 8.42 Å². The minimum absolute atomic E-state index is 0.0441. The van der Waals surface area contributed by atoms with Gasteiger partial charge in [0.2, 0.25) is 10.0 Å². The Labute approximate surface area is 183 Å². The van der Waals surface area contributed by atoms with E-state index in [-0.39, 0.29) is 29.5 Å². The summed E-state index contributed by atoms with van der Waals surface area (Å²) >= 11 is 0. The van der Waals surface area contributed by atoms with Crippen molar-refractivity contribution in [1.82, 2.24) is 9.29 Å². The molecule has 0 fully saturated rings. The van der Waals surface area contributed by atoms with Gasteiger partial charge < -0.3 is 0 Å². The lowest BCUT2D eigenvalue weighted by atomic mass is 10.2. The van der Waals surface area contributed by atoms with Crippen molar-refractivity contribution in [2.75, 3.05) is 19.7 Å². The number of nitrogens with zero attached hydrogens (tertiary/aromatic N) is 2. The highest BCUT2D eigenvalue weighted by Gasteiger charge is 2.26. The Hall–Kier alpha value is -2.33. The fourth-order valence-corrected chi connectivity index (χ4v) is 5.74. The Kier molecular flexibility index (Phi) is 7.42. The smallest absolute Gasteiger partial charge is 0.265 e. The molecule has 0 aliphatic heterocycles. The van der Waals surface area contributed by atoms with E-state index in [2.05, 4.69) is 4.98 Å². The monoisotopic (exact) mass is 462 g/mol. The van der Waals surface area contributed by atoms with Crippen molar-refractivity contribution in [3.05, 3.63) is 66.5 Å². The molecule has 31 heavy (non-hydrogen) atoms. The second-order valence-electron chi connectivity index (χ2n) is 7.20. The Morgan fingerprint density at radius 3 is 2.42 bits per heavy atom. The molecule has 0 aliphatic carbocycles. The molecule has 0 atom stereocenters. The van der Waals surface area contributed by atoms with Crippen LogP contribution in [0.3, 0.4) is 0 Å². The number of aromatic nitrogens is 1. The minimum Gasteiger partial charge on any atom is -0.265 e. The summed E-state index contributed by atoms with van der Waals surface area (Å²) in [6, 6.07) is 13.0. The van der Waals surface area contributed by atoms with Gasteiger partial charge in [0.15, 0.2) is 0 Å².